The van der Waals surface area contributed by atoms with E-state index in [2.05, 4.69) is 10.1 Å². The molecule has 2 heterocycles. The highest BCUT2D eigenvalue weighted by Crippen LogP contribution is 2.10. The molecule has 0 aromatic rings. The summed E-state index contributed by atoms with van der Waals surface area (Å²) in [5.41, 5.74) is 0. The number of carbonyl (C=O) groups is 1. The molecule has 0 aliphatic carbocycles. The summed E-state index contributed by atoms with van der Waals surface area (Å²) < 4.78 is 0. The van der Waals surface area contributed by atoms with Gasteiger partial charge in [-0.15, -0.1) is 0 Å². The molecule has 0 saturated carbocycles. The Balaban J connectivity index is 2.36. The minimum atomic E-state index is -0.181. The van der Waals surface area contributed by atoms with Crippen molar-refractivity contribution in [3.63, 3.8) is 0 Å². The van der Waals surface area contributed by atoms with Gasteiger partial charge in [0.1, 0.15) is 11.7 Å². The number of amidine groups is 1. The lowest BCUT2D eigenvalue weighted by atomic mass is 10.4. The summed E-state index contributed by atoms with van der Waals surface area (Å²) in [5, 5.41) is 5.72. The van der Waals surface area contributed by atoms with Crippen LogP contribution >= 0.6 is 11.6 Å². The van der Waals surface area contributed by atoms with E-state index in [9.17, 15) is 4.79 Å². The summed E-state index contributed by atoms with van der Waals surface area (Å²) in [6.07, 6.45) is 3.27. The van der Waals surface area contributed by atoms with E-state index >= 15 is 0 Å². The van der Waals surface area contributed by atoms with Crippen LogP contribution in [0.1, 0.15) is 0 Å². The normalized spacial score (nSPS) is 21.5. The molecule has 0 N–H and O–H groups in total. The number of rotatable bonds is 0. The van der Waals surface area contributed by atoms with Crippen molar-refractivity contribution in [2.24, 2.45) is 10.1 Å². The van der Waals surface area contributed by atoms with Gasteiger partial charge in [0.15, 0.2) is 5.84 Å². The maximum atomic E-state index is 10.7. The third-order valence-electron chi connectivity index (χ3n) is 1.37. The van der Waals surface area contributed by atoms with Crippen molar-refractivity contribution in [3.05, 3.63) is 12.2 Å². The number of aliphatic imine (C=N–C) groups is 1. The Morgan fingerprint density at radius 2 is 2.36 bits per heavy atom. The second-order valence-electron chi connectivity index (χ2n) is 2.18. The summed E-state index contributed by atoms with van der Waals surface area (Å²) in [5.74, 6) is 0.388. The minimum absolute atomic E-state index is 0.181. The van der Waals surface area contributed by atoms with Crippen LogP contribution in [0.25, 0.3) is 0 Å². The summed E-state index contributed by atoms with van der Waals surface area (Å²) in [6.45, 7) is 0.204. The Bertz CT molecular complexity index is 305. The molecule has 0 aromatic heterocycles. The summed E-state index contributed by atoms with van der Waals surface area (Å²) in [7, 11) is 0. The molecule has 2 aliphatic rings. The smallest absolute Gasteiger partial charge is 0.269 e. The van der Waals surface area contributed by atoms with E-state index in [-0.39, 0.29) is 12.5 Å². The SMILES string of the molecule is O=C1CN2N=C(Cl)C=CC2=N1. The van der Waals surface area contributed by atoms with Crippen molar-refractivity contribution in [2.45, 2.75) is 0 Å². The summed E-state index contributed by atoms with van der Waals surface area (Å²) in [6, 6.07) is 0. The Morgan fingerprint density at radius 3 is 3.18 bits per heavy atom. The zero-order valence-corrected chi connectivity index (χ0v) is 6.25. The fraction of sp³-hybridized carbons (Fsp3) is 0.167. The third kappa shape index (κ3) is 1.05. The van der Waals surface area contributed by atoms with E-state index in [0.29, 0.717) is 11.0 Å². The lowest BCUT2D eigenvalue weighted by Crippen LogP contribution is -2.24. The number of hydrazone groups is 1. The third-order valence-corrected chi connectivity index (χ3v) is 1.58. The van der Waals surface area contributed by atoms with Gasteiger partial charge in [0.2, 0.25) is 0 Å². The largest absolute Gasteiger partial charge is 0.270 e. The maximum absolute atomic E-state index is 10.7. The topological polar surface area (TPSA) is 45.0 Å². The Morgan fingerprint density at radius 1 is 1.55 bits per heavy atom. The zero-order valence-electron chi connectivity index (χ0n) is 5.49. The Labute approximate surface area is 67.8 Å². The van der Waals surface area contributed by atoms with Crippen LogP contribution < -0.4 is 0 Å². The number of hydrogen-bond acceptors (Lipinski definition) is 3. The average Bonchev–Trinajstić information content (AvgIpc) is 2.27. The predicted molar refractivity (Wildman–Crippen MR) is 41.6 cm³/mol. The minimum Gasteiger partial charge on any atom is -0.270 e. The van der Waals surface area contributed by atoms with Gasteiger partial charge in [-0.3, -0.25) is 4.79 Å². The molecule has 0 saturated heterocycles. The molecule has 4 nitrogen and oxygen atoms in total. The average molecular weight is 170 g/mol. The van der Waals surface area contributed by atoms with Gasteiger partial charge in [0, 0.05) is 0 Å². The number of nitrogens with zero attached hydrogens (tertiary/aromatic N) is 3. The van der Waals surface area contributed by atoms with Crippen LogP contribution in [0, 0.1) is 0 Å². The van der Waals surface area contributed by atoms with Crippen LogP contribution in [0.15, 0.2) is 22.2 Å². The molecule has 0 spiro atoms. The second kappa shape index (κ2) is 2.17. The lowest BCUT2D eigenvalue weighted by molar-refractivity contribution is -0.117. The molecule has 0 radical (unpaired) electrons. The molecule has 0 bridgehead atoms. The van der Waals surface area contributed by atoms with Gasteiger partial charge in [-0.1, -0.05) is 11.6 Å². The van der Waals surface area contributed by atoms with Crippen molar-refractivity contribution < 1.29 is 4.79 Å². The van der Waals surface area contributed by atoms with Crippen molar-refractivity contribution in [1.82, 2.24) is 5.01 Å². The first-order valence-electron chi connectivity index (χ1n) is 3.07. The van der Waals surface area contributed by atoms with Crippen LogP contribution in [0.2, 0.25) is 0 Å². The maximum Gasteiger partial charge on any atom is 0.269 e. The van der Waals surface area contributed by atoms with Crippen molar-refractivity contribution in [2.75, 3.05) is 6.54 Å². The molecule has 5 heteroatoms. The van der Waals surface area contributed by atoms with Gasteiger partial charge in [0.25, 0.3) is 5.91 Å². The van der Waals surface area contributed by atoms with Crippen molar-refractivity contribution >= 4 is 28.5 Å². The van der Waals surface area contributed by atoms with Gasteiger partial charge >= 0.3 is 0 Å². The highest BCUT2D eigenvalue weighted by atomic mass is 35.5. The van der Waals surface area contributed by atoms with Crippen molar-refractivity contribution in [3.8, 4) is 0 Å². The Kier molecular flexibility index (Phi) is 1.29. The van der Waals surface area contributed by atoms with E-state index in [1.54, 1.807) is 12.2 Å². The molecule has 11 heavy (non-hydrogen) atoms. The van der Waals surface area contributed by atoms with Crippen molar-refractivity contribution in [1.29, 1.82) is 0 Å². The zero-order chi connectivity index (χ0) is 7.84. The second-order valence-corrected chi connectivity index (χ2v) is 2.56. The summed E-state index contributed by atoms with van der Waals surface area (Å²) in [4.78, 5) is 14.4. The van der Waals surface area contributed by atoms with Gasteiger partial charge in [0.05, 0.1) is 0 Å². The highest BCUT2D eigenvalue weighted by Gasteiger charge is 2.22. The first kappa shape index (κ1) is 6.54. The Hall–Kier alpha value is -1.16. The highest BCUT2D eigenvalue weighted by molar-refractivity contribution is 6.68. The van der Waals surface area contributed by atoms with E-state index in [1.807, 2.05) is 0 Å². The molecule has 0 atom stereocenters. The van der Waals surface area contributed by atoms with E-state index in [0.717, 1.165) is 0 Å². The molecular formula is C6H4ClN3O. The van der Waals surface area contributed by atoms with Gasteiger partial charge in [-0.05, 0) is 12.2 Å². The van der Waals surface area contributed by atoms with E-state index in [4.69, 9.17) is 11.6 Å². The standard InChI is InChI=1S/C6H4ClN3O/c7-4-1-2-5-8-6(11)3-10(5)9-4/h1-2H,3H2. The molecular weight excluding hydrogens is 166 g/mol. The van der Waals surface area contributed by atoms with Crippen LogP contribution in [-0.4, -0.2) is 28.5 Å². The fourth-order valence-electron chi connectivity index (χ4n) is 0.932. The van der Waals surface area contributed by atoms with E-state index in [1.165, 1.54) is 5.01 Å². The van der Waals surface area contributed by atoms with Crippen LogP contribution in [-0.2, 0) is 4.79 Å². The molecule has 56 valence electrons. The number of hydrogen-bond donors (Lipinski definition) is 0. The van der Waals surface area contributed by atoms with E-state index < -0.39 is 0 Å². The molecule has 0 aromatic carbocycles. The molecule has 1 amide bonds. The lowest BCUT2D eigenvalue weighted by Gasteiger charge is -2.12. The number of allylic oxidation sites excluding steroid dienone is 1. The number of amides is 1. The summed E-state index contributed by atoms with van der Waals surface area (Å²) >= 11 is 5.59. The fourth-order valence-corrected chi connectivity index (χ4v) is 1.09. The quantitative estimate of drug-likeness (QED) is 0.525. The van der Waals surface area contributed by atoms with Crippen LogP contribution in [0.5, 0.6) is 0 Å². The van der Waals surface area contributed by atoms with Crippen LogP contribution in [0.4, 0.5) is 0 Å². The first-order valence-corrected chi connectivity index (χ1v) is 3.45. The monoisotopic (exact) mass is 169 g/mol. The first-order chi connectivity index (χ1) is 5.25. The molecule has 0 fully saturated rings. The molecule has 0 unspecified atom stereocenters. The van der Waals surface area contributed by atoms with Gasteiger partial charge in [-0.2, -0.15) is 10.1 Å². The molecule has 2 aliphatic heterocycles. The predicted octanol–water partition coefficient (Wildman–Crippen LogP) is 0.349. The number of halogens is 1. The van der Waals surface area contributed by atoms with Crippen LogP contribution in [0.3, 0.4) is 0 Å². The van der Waals surface area contributed by atoms with Gasteiger partial charge in [-0.25, -0.2) is 5.01 Å². The van der Waals surface area contributed by atoms with Gasteiger partial charge < -0.3 is 0 Å². The number of fused-ring (bicyclic) bond motifs is 1. The molecule has 2 rings (SSSR count). The number of carbonyl (C=O) groups excluding carboxylic acids is 1.